The van der Waals surface area contributed by atoms with E-state index in [0.29, 0.717) is 6.42 Å². The Labute approximate surface area is 107 Å². The van der Waals surface area contributed by atoms with Crippen LogP contribution in [0.2, 0.25) is 0 Å². The largest absolute Gasteiger partial charge is 0.479 e. The summed E-state index contributed by atoms with van der Waals surface area (Å²) in [4.78, 5) is 11.2. The number of aliphatic carboxylic acids is 1. The third-order valence-electron chi connectivity index (χ3n) is 3.95. The number of carboxylic acid groups (broad SMARTS) is 1. The molecule has 0 aliphatic carbocycles. The van der Waals surface area contributed by atoms with Crippen LogP contribution in [0.5, 0.6) is 0 Å². The maximum atomic E-state index is 11.2. The molecule has 0 radical (unpaired) electrons. The predicted molar refractivity (Wildman–Crippen MR) is 64.9 cm³/mol. The average molecular weight is 261 g/mol. The monoisotopic (exact) mass is 261 g/mol. The first-order chi connectivity index (χ1) is 8.23. The van der Waals surface area contributed by atoms with Gasteiger partial charge in [0.05, 0.1) is 12.2 Å². The van der Waals surface area contributed by atoms with E-state index in [1.807, 2.05) is 13.8 Å². The maximum absolute atomic E-state index is 11.2. The van der Waals surface area contributed by atoms with Gasteiger partial charge in [-0.1, -0.05) is 13.8 Å². The Hall–Kier alpha value is -0.690. The van der Waals surface area contributed by atoms with Crippen LogP contribution < -0.4 is 5.73 Å². The van der Waals surface area contributed by atoms with Gasteiger partial charge in [0.1, 0.15) is 6.10 Å². The van der Waals surface area contributed by atoms with Crippen molar-refractivity contribution in [1.82, 2.24) is 0 Å². The number of carboxylic acids is 1. The van der Waals surface area contributed by atoms with Gasteiger partial charge >= 0.3 is 5.97 Å². The van der Waals surface area contributed by atoms with Gasteiger partial charge in [-0.05, 0) is 25.2 Å². The molecule has 6 nitrogen and oxygen atoms in total. The van der Waals surface area contributed by atoms with Crippen molar-refractivity contribution in [3.8, 4) is 0 Å². The van der Waals surface area contributed by atoms with E-state index in [0.717, 1.165) is 0 Å². The number of aliphatic hydroxyl groups excluding tert-OH is 2. The van der Waals surface area contributed by atoms with Crippen molar-refractivity contribution < 1.29 is 24.9 Å². The number of rotatable bonds is 4. The van der Waals surface area contributed by atoms with E-state index >= 15 is 0 Å². The Morgan fingerprint density at radius 3 is 2.50 bits per heavy atom. The van der Waals surface area contributed by atoms with Crippen LogP contribution in [-0.4, -0.2) is 51.7 Å². The molecule has 1 heterocycles. The van der Waals surface area contributed by atoms with E-state index in [1.165, 1.54) is 6.92 Å². The normalized spacial score (nSPS) is 40.2. The molecule has 6 heteroatoms. The van der Waals surface area contributed by atoms with Crippen molar-refractivity contribution in [2.24, 2.45) is 17.6 Å². The molecule has 18 heavy (non-hydrogen) atoms. The van der Waals surface area contributed by atoms with E-state index < -0.39 is 29.9 Å². The molecule has 1 aliphatic heterocycles. The minimum Gasteiger partial charge on any atom is -0.479 e. The summed E-state index contributed by atoms with van der Waals surface area (Å²) in [7, 11) is 0. The summed E-state index contributed by atoms with van der Waals surface area (Å²) in [6.45, 7) is 5.20. The van der Waals surface area contributed by atoms with Crippen molar-refractivity contribution in [3.63, 3.8) is 0 Å². The van der Waals surface area contributed by atoms with E-state index in [-0.39, 0.29) is 18.4 Å². The zero-order valence-electron chi connectivity index (χ0n) is 11.0. The van der Waals surface area contributed by atoms with Crippen molar-refractivity contribution in [2.75, 3.05) is 6.54 Å². The van der Waals surface area contributed by atoms with Crippen LogP contribution in [0.4, 0.5) is 0 Å². The van der Waals surface area contributed by atoms with Crippen LogP contribution in [0.1, 0.15) is 27.2 Å². The molecule has 1 aliphatic rings. The lowest BCUT2D eigenvalue weighted by atomic mass is 9.76. The fourth-order valence-corrected chi connectivity index (χ4v) is 2.46. The molecular weight excluding hydrogens is 238 g/mol. The second kappa shape index (κ2) is 5.52. The standard InChI is InChI=1S/C12H23NO5/c1-6-4-12(3,11(16)17)18-10(7(6)2)9(15)8(14)5-13/h6-10,14-15H,4-5,13H2,1-3H3,(H,16,17). The minimum absolute atomic E-state index is 0.0476. The Balaban J connectivity index is 2.92. The first-order valence-corrected chi connectivity index (χ1v) is 6.20. The van der Waals surface area contributed by atoms with Crippen LogP contribution in [0.3, 0.4) is 0 Å². The van der Waals surface area contributed by atoms with Crippen LogP contribution in [0.15, 0.2) is 0 Å². The van der Waals surface area contributed by atoms with Crippen LogP contribution in [0, 0.1) is 11.8 Å². The summed E-state index contributed by atoms with van der Waals surface area (Å²) in [5, 5.41) is 28.8. The molecule has 0 saturated carbocycles. The molecule has 6 unspecified atom stereocenters. The Kier molecular flexibility index (Phi) is 4.72. The summed E-state index contributed by atoms with van der Waals surface area (Å²) in [6, 6.07) is 0. The molecule has 106 valence electrons. The molecule has 0 bridgehead atoms. The molecule has 1 fully saturated rings. The third kappa shape index (κ3) is 2.83. The van der Waals surface area contributed by atoms with Gasteiger partial charge in [0.15, 0.2) is 5.60 Å². The summed E-state index contributed by atoms with van der Waals surface area (Å²) < 4.78 is 5.54. The van der Waals surface area contributed by atoms with Crippen LogP contribution in [0.25, 0.3) is 0 Å². The zero-order valence-corrected chi connectivity index (χ0v) is 11.0. The summed E-state index contributed by atoms with van der Waals surface area (Å²) in [5.41, 5.74) is 3.98. The molecule has 0 spiro atoms. The first-order valence-electron chi connectivity index (χ1n) is 6.20. The molecule has 0 aromatic carbocycles. The average Bonchev–Trinajstić information content (AvgIpc) is 2.31. The number of hydrogen-bond acceptors (Lipinski definition) is 5. The fraction of sp³-hybridized carbons (Fsp3) is 0.917. The van der Waals surface area contributed by atoms with E-state index in [4.69, 9.17) is 10.5 Å². The van der Waals surface area contributed by atoms with Gasteiger partial charge in [-0.3, -0.25) is 0 Å². The molecule has 1 rings (SSSR count). The second-order valence-corrected chi connectivity index (χ2v) is 5.45. The molecule has 0 aromatic rings. The highest BCUT2D eigenvalue weighted by molar-refractivity contribution is 5.77. The lowest BCUT2D eigenvalue weighted by Crippen LogP contribution is -2.57. The Bertz CT molecular complexity index is 311. The number of nitrogens with two attached hydrogens (primary N) is 1. The molecule has 0 amide bonds. The van der Waals surface area contributed by atoms with Crippen molar-refractivity contribution in [2.45, 2.75) is 51.1 Å². The highest BCUT2D eigenvalue weighted by Crippen LogP contribution is 2.38. The number of aliphatic hydroxyl groups is 2. The molecular formula is C12H23NO5. The smallest absolute Gasteiger partial charge is 0.335 e. The van der Waals surface area contributed by atoms with Gasteiger partial charge in [-0.25, -0.2) is 4.79 Å². The van der Waals surface area contributed by atoms with Gasteiger partial charge < -0.3 is 25.8 Å². The van der Waals surface area contributed by atoms with Gasteiger partial charge in [-0.2, -0.15) is 0 Å². The lowest BCUT2D eigenvalue weighted by molar-refractivity contribution is -0.220. The van der Waals surface area contributed by atoms with Gasteiger partial charge in [-0.15, -0.1) is 0 Å². The van der Waals surface area contributed by atoms with Gasteiger partial charge in [0.25, 0.3) is 0 Å². The number of hydrogen-bond donors (Lipinski definition) is 4. The maximum Gasteiger partial charge on any atom is 0.335 e. The third-order valence-corrected chi connectivity index (χ3v) is 3.95. The van der Waals surface area contributed by atoms with Gasteiger partial charge in [0.2, 0.25) is 0 Å². The lowest BCUT2D eigenvalue weighted by Gasteiger charge is -2.45. The highest BCUT2D eigenvalue weighted by Gasteiger charge is 2.48. The second-order valence-electron chi connectivity index (χ2n) is 5.45. The highest BCUT2D eigenvalue weighted by atomic mass is 16.5. The summed E-state index contributed by atoms with van der Waals surface area (Å²) in [5.74, 6) is -1.03. The van der Waals surface area contributed by atoms with E-state index in [2.05, 4.69) is 0 Å². The predicted octanol–water partition coefficient (Wildman–Crippen LogP) is -0.429. The van der Waals surface area contributed by atoms with E-state index in [9.17, 15) is 20.1 Å². The van der Waals surface area contributed by atoms with Gasteiger partial charge in [0, 0.05) is 6.54 Å². The van der Waals surface area contributed by atoms with Crippen molar-refractivity contribution >= 4 is 5.97 Å². The van der Waals surface area contributed by atoms with Crippen molar-refractivity contribution in [3.05, 3.63) is 0 Å². The molecule has 6 atom stereocenters. The first kappa shape index (κ1) is 15.4. The zero-order chi connectivity index (χ0) is 14.1. The number of ether oxygens (including phenoxy) is 1. The Morgan fingerprint density at radius 2 is 2.06 bits per heavy atom. The summed E-state index contributed by atoms with van der Waals surface area (Å²) >= 11 is 0. The SMILES string of the molecule is CC1CC(C)(C(=O)O)OC(C(O)C(O)CN)C1C. The topological polar surface area (TPSA) is 113 Å². The minimum atomic E-state index is -1.33. The molecule has 5 N–H and O–H groups in total. The Morgan fingerprint density at radius 1 is 1.50 bits per heavy atom. The molecule has 1 saturated heterocycles. The summed E-state index contributed by atoms with van der Waals surface area (Å²) in [6.07, 6.45) is -2.63. The quantitative estimate of drug-likeness (QED) is 0.546. The van der Waals surface area contributed by atoms with Crippen molar-refractivity contribution in [1.29, 1.82) is 0 Å². The van der Waals surface area contributed by atoms with E-state index in [1.54, 1.807) is 0 Å². The number of carbonyl (C=O) groups is 1. The fourth-order valence-electron chi connectivity index (χ4n) is 2.46. The molecule has 0 aromatic heterocycles. The van der Waals surface area contributed by atoms with Crippen LogP contribution in [-0.2, 0) is 9.53 Å². The van der Waals surface area contributed by atoms with Crippen LogP contribution >= 0.6 is 0 Å².